The Bertz CT molecular complexity index is 453. The van der Waals surface area contributed by atoms with Crippen molar-refractivity contribution in [3.8, 4) is 10.6 Å². The fraction of sp³-hybridized carbons (Fsp3) is 0.200. The van der Waals surface area contributed by atoms with Crippen LogP contribution in [-0.4, -0.2) is 24.1 Å². The second-order valence-corrected chi connectivity index (χ2v) is 4.98. The van der Waals surface area contributed by atoms with Crippen molar-refractivity contribution >= 4 is 32.3 Å². The molecule has 0 bridgehead atoms. The van der Waals surface area contributed by atoms with Gasteiger partial charge in [-0.05, 0) is 28.1 Å². The average molecular weight is 284 g/mol. The van der Waals surface area contributed by atoms with Crippen molar-refractivity contribution in [2.24, 2.45) is 0 Å². The summed E-state index contributed by atoms with van der Waals surface area (Å²) in [5.74, 6) is 0. The molecule has 0 unspecified atom stereocenters. The number of hydrogen-bond donors (Lipinski definition) is 0. The summed E-state index contributed by atoms with van der Waals surface area (Å²) in [4.78, 5) is 10.6. The largest absolute Gasteiger partial charge is 0.367 e. The molecule has 0 aromatic carbocycles. The molecule has 0 aliphatic heterocycles. The van der Waals surface area contributed by atoms with Crippen molar-refractivity contribution in [2.75, 3.05) is 19.0 Å². The van der Waals surface area contributed by atoms with Gasteiger partial charge in [0.2, 0.25) is 0 Å². The molecule has 0 N–H and O–H groups in total. The minimum absolute atomic E-state index is 0.886. The number of halogens is 1. The monoisotopic (exact) mass is 283 g/mol. The molecule has 0 fully saturated rings. The van der Waals surface area contributed by atoms with Gasteiger partial charge in [-0.15, -0.1) is 0 Å². The third-order valence-electron chi connectivity index (χ3n) is 1.88. The van der Waals surface area contributed by atoms with Gasteiger partial charge in [0.05, 0.1) is 0 Å². The molecule has 0 saturated carbocycles. The van der Waals surface area contributed by atoms with E-state index >= 15 is 0 Å². The molecular weight excluding hydrogens is 274 g/mol. The first-order valence-corrected chi connectivity index (χ1v) is 6.03. The minimum atomic E-state index is 0.886. The molecule has 78 valence electrons. The normalized spacial score (nSPS) is 10.3. The van der Waals surface area contributed by atoms with Crippen molar-refractivity contribution in [3.05, 3.63) is 29.1 Å². The highest BCUT2D eigenvalue weighted by molar-refractivity contribution is 9.10. The Morgan fingerprint density at radius 1 is 1.40 bits per heavy atom. The van der Waals surface area contributed by atoms with Gasteiger partial charge in [0.25, 0.3) is 0 Å². The number of thiazole rings is 1. The third kappa shape index (κ3) is 2.18. The third-order valence-corrected chi connectivity index (χ3v) is 3.97. The summed E-state index contributed by atoms with van der Waals surface area (Å²) in [6.45, 7) is 0. The van der Waals surface area contributed by atoms with E-state index in [1.165, 1.54) is 0 Å². The maximum atomic E-state index is 4.46. The van der Waals surface area contributed by atoms with Gasteiger partial charge in [0, 0.05) is 32.1 Å². The number of pyridine rings is 1. The fourth-order valence-corrected chi connectivity index (χ4v) is 2.95. The van der Waals surface area contributed by atoms with E-state index in [0.29, 0.717) is 0 Å². The van der Waals surface area contributed by atoms with E-state index in [1.807, 2.05) is 37.3 Å². The number of anilines is 1. The van der Waals surface area contributed by atoms with Crippen molar-refractivity contribution in [2.45, 2.75) is 0 Å². The molecule has 0 spiro atoms. The van der Waals surface area contributed by atoms with Crippen LogP contribution in [0.4, 0.5) is 5.00 Å². The lowest BCUT2D eigenvalue weighted by Gasteiger charge is -2.07. The van der Waals surface area contributed by atoms with Crippen molar-refractivity contribution < 1.29 is 0 Å². The van der Waals surface area contributed by atoms with Crippen molar-refractivity contribution in [1.82, 2.24) is 9.97 Å². The molecule has 0 amide bonds. The second-order valence-electron chi connectivity index (χ2n) is 3.25. The zero-order valence-corrected chi connectivity index (χ0v) is 10.8. The Labute approximate surface area is 101 Å². The van der Waals surface area contributed by atoms with Gasteiger partial charge >= 0.3 is 0 Å². The lowest BCUT2D eigenvalue weighted by molar-refractivity contribution is 1.14. The zero-order chi connectivity index (χ0) is 10.8. The molecule has 2 heterocycles. The molecule has 15 heavy (non-hydrogen) atoms. The Balaban J connectivity index is 2.43. The highest BCUT2D eigenvalue weighted by Crippen LogP contribution is 2.36. The van der Waals surface area contributed by atoms with Crippen LogP contribution in [0.3, 0.4) is 0 Å². The quantitative estimate of drug-likeness (QED) is 0.848. The number of rotatable bonds is 2. The standard InChI is InChI=1S/C10H10BrN3S/c1-14(2)10-8(11)13-9(15-10)7-4-3-5-12-6-7/h3-6H,1-2H3. The molecule has 0 radical (unpaired) electrons. The maximum Gasteiger partial charge on any atom is 0.141 e. The van der Waals surface area contributed by atoms with E-state index in [-0.39, 0.29) is 0 Å². The van der Waals surface area contributed by atoms with E-state index in [1.54, 1.807) is 17.5 Å². The Morgan fingerprint density at radius 2 is 2.20 bits per heavy atom. The van der Waals surface area contributed by atoms with Crippen LogP contribution in [-0.2, 0) is 0 Å². The number of hydrogen-bond acceptors (Lipinski definition) is 4. The molecule has 0 atom stereocenters. The van der Waals surface area contributed by atoms with Gasteiger partial charge in [-0.1, -0.05) is 11.3 Å². The van der Waals surface area contributed by atoms with Crippen LogP contribution < -0.4 is 4.90 Å². The van der Waals surface area contributed by atoms with Crippen LogP contribution in [0.1, 0.15) is 0 Å². The Kier molecular flexibility index (Phi) is 3.02. The van der Waals surface area contributed by atoms with E-state index in [9.17, 15) is 0 Å². The first-order valence-electron chi connectivity index (χ1n) is 4.42. The van der Waals surface area contributed by atoms with E-state index in [0.717, 1.165) is 20.2 Å². The van der Waals surface area contributed by atoms with E-state index < -0.39 is 0 Å². The van der Waals surface area contributed by atoms with Crippen molar-refractivity contribution in [1.29, 1.82) is 0 Å². The number of nitrogens with zero attached hydrogens (tertiary/aromatic N) is 3. The van der Waals surface area contributed by atoms with Gasteiger partial charge in [0.15, 0.2) is 0 Å². The smallest absolute Gasteiger partial charge is 0.141 e. The van der Waals surface area contributed by atoms with Gasteiger partial charge < -0.3 is 4.90 Å². The fourth-order valence-electron chi connectivity index (χ4n) is 1.18. The molecule has 0 aliphatic rings. The SMILES string of the molecule is CN(C)c1sc(-c2cccnc2)nc1Br. The van der Waals surface area contributed by atoms with E-state index in [2.05, 4.69) is 25.9 Å². The van der Waals surface area contributed by atoms with E-state index in [4.69, 9.17) is 0 Å². The Morgan fingerprint density at radius 3 is 2.73 bits per heavy atom. The summed E-state index contributed by atoms with van der Waals surface area (Å²) in [6.07, 6.45) is 3.59. The van der Waals surface area contributed by atoms with Gasteiger partial charge in [-0.2, -0.15) is 0 Å². The predicted octanol–water partition coefficient (Wildman–Crippen LogP) is 3.03. The minimum Gasteiger partial charge on any atom is -0.367 e. The summed E-state index contributed by atoms with van der Waals surface area (Å²) >= 11 is 5.10. The molecular formula is C10H10BrN3S. The Hall–Kier alpha value is -0.940. The molecule has 2 aromatic heterocycles. The summed E-state index contributed by atoms with van der Waals surface area (Å²) < 4.78 is 0.886. The van der Waals surface area contributed by atoms with Crippen LogP contribution in [0.5, 0.6) is 0 Å². The van der Waals surface area contributed by atoms with Crippen molar-refractivity contribution in [3.63, 3.8) is 0 Å². The molecule has 5 heteroatoms. The average Bonchev–Trinajstić information content (AvgIpc) is 2.62. The lowest BCUT2D eigenvalue weighted by atomic mass is 10.3. The van der Waals surface area contributed by atoms with Gasteiger partial charge in [-0.3, -0.25) is 4.98 Å². The summed E-state index contributed by atoms with van der Waals surface area (Å²) in [5.41, 5.74) is 1.05. The molecule has 3 nitrogen and oxygen atoms in total. The number of aromatic nitrogens is 2. The van der Waals surface area contributed by atoms with Crippen LogP contribution in [0.15, 0.2) is 29.1 Å². The summed E-state index contributed by atoms with van der Waals surface area (Å²) in [6, 6.07) is 3.93. The summed E-state index contributed by atoms with van der Waals surface area (Å²) in [5, 5.41) is 2.10. The van der Waals surface area contributed by atoms with Crippen LogP contribution >= 0.6 is 27.3 Å². The molecule has 0 saturated heterocycles. The van der Waals surface area contributed by atoms with Crippen LogP contribution in [0.25, 0.3) is 10.6 Å². The summed E-state index contributed by atoms with van der Waals surface area (Å²) in [7, 11) is 4.01. The van der Waals surface area contributed by atoms with Gasteiger partial charge in [0.1, 0.15) is 14.6 Å². The van der Waals surface area contributed by atoms with Crippen LogP contribution in [0, 0.1) is 0 Å². The highest BCUT2D eigenvalue weighted by atomic mass is 79.9. The molecule has 2 rings (SSSR count). The first kappa shape index (κ1) is 10.6. The second kappa shape index (κ2) is 4.28. The van der Waals surface area contributed by atoms with Gasteiger partial charge in [-0.25, -0.2) is 4.98 Å². The topological polar surface area (TPSA) is 29.0 Å². The maximum absolute atomic E-state index is 4.46. The predicted molar refractivity (Wildman–Crippen MR) is 67.4 cm³/mol. The first-order chi connectivity index (χ1) is 7.18. The zero-order valence-electron chi connectivity index (χ0n) is 8.44. The lowest BCUT2D eigenvalue weighted by Crippen LogP contribution is -2.06. The highest BCUT2D eigenvalue weighted by Gasteiger charge is 2.11. The van der Waals surface area contributed by atoms with Crippen LogP contribution in [0.2, 0.25) is 0 Å². The molecule has 2 aromatic rings. The molecule has 0 aliphatic carbocycles.